The maximum atomic E-state index is 6.67. The van der Waals surface area contributed by atoms with Crippen molar-refractivity contribution >= 4 is 39.0 Å². The third kappa shape index (κ3) is 5.86. The van der Waals surface area contributed by atoms with E-state index in [1.165, 1.54) is 55.6 Å². The van der Waals surface area contributed by atoms with Gasteiger partial charge in [-0.15, -0.1) is 0 Å². The van der Waals surface area contributed by atoms with Crippen LogP contribution in [0.4, 0.5) is 17.1 Å². The number of hydrogen-bond acceptors (Lipinski definition) is 2. The highest BCUT2D eigenvalue weighted by Gasteiger charge is 2.51. The van der Waals surface area contributed by atoms with Gasteiger partial charge >= 0.3 is 0 Å². The Hall–Kier alpha value is -8.98. The summed E-state index contributed by atoms with van der Waals surface area (Å²) >= 11 is 0. The summed E-state index contributed by atoms with van der Waals surface area (Å²) in [6.07, 6.45) is 0. The summed E-state index contributed by atoms with van der Waals surface area (Å²) in [6, 6.07) is 95.6. The second-order valence-corrected chi connectivity index (χ2v) is 18.3. The molecule has 2 aliphatic rings. The standard InChI is InChI=1S/C67H43NO/c1-3-20-44(21-4-1)49-26-7-8-31-56(49)65-50(45-22-5-2-6-23-45)32-19-38-63(65)68(47-25-17-24-46(42-47)51-33-18-34-57-55-30-12-16-39-64(55)69-66(51)57)48-40-41-62-58(43-48)54-29-11-15-37-61(54)67(62)59-35-13-9-27-52(59)53-28-10-14-36-60(53)67/h1-43H. The molecule has 0 unspecified atom stereocenters. The molecule has 0 N–H and O–H groups in total. The van der Waals surface area contributed by atoms with E-state index in [1.54, 1.807) is 0 Å². The maximum absolute atomic E-state index is 6.67. The second kappa shape index (κ2) is 15.6. The lowest BCUT2D eigenvalue weighted by Gasteiger charge is -2.32. The smallest absolute Gasteiger partial charge is 0.143 e. The summed E-state index contributed by atoms with van der Waals surface area (Å²) in [5.74, 6) is 0. The summed E-state index contributed by atoms with van der Waals surface area (Å²) < 4.78 is 6.67. The van der Waals surface area contributed by atoms with Gasteiger partial charge in [0.25, 0.3) is 0 Å². The lowest BCUT2D eigenvalue weighted by atomic mass is 9.70. The molecule has 0 atom stereocenters. The third-order valence-electron chi connectivity index (χ3n) is 14.7. The zero-order chi connectivity index (χ0) is 45.5. The predicted molar refractivity (Wildman–Crippen MR) is 286 cm³/mol. The molecule has 12 aromatic rings. The molecule has 0 saturated carbocycles. The van der Waals surface area contributed by atoms with Gasteiger partial charge in [-0.2, -0.15) is 0 Å². The van der Waals surface area contributed by atoms with E-state index in [9.17, 15) is 0 Å². The highest BCUT2D eigenvalue weighted by molar-refractivity contribution is 6.10. The third-order valence-corrected chi connectivity index (χ3v) is 14.7. The highest BCUT2D eigenvalue weighted by Crippen LogP contribution is 2.63. The summed E-state index contributed by atoms with van der Waals surface area (Å²) in [6.45, 7) is 0. The van der Waals surface area contributed by atoms with Crippen molar-refractivity contribution in [3.05, 3.63) is 283 Å². The molecule has 0 bridgehead atoms. The minimum atomic E-state index is -0.444. The molecular formula is C67H43NO. The molecule has 0 amide bonds. The number of furan rings is 1. The fourth-order valence-corrected chi connectivity index (χ4v) is 11.9. The van der Waals surface area contributed by atoms with Crippen molar-refractivity contribution in [1.82, 2.24) is 0 Å². The first-order valence-electron chi connectivity index (χ1n) is 23.8. The SMILES string of the molecule is c1ccc(-c2ccccc2-c2c(-c3ccccc3)cccc2N(c2cccc(-c3cccc4c3oc3ccccc34)c2)c2ccc3c(c2)-c2ccccc2C32c3ccccc3-c3ccccc32)cc1. The molecule has 1 aromatic heterocycles. The summed E-state index contributed by atoms with van der Waals surface area (Å²) in [5.41, 5.74) is 24.1. The van der Waals surface area contributed by atoms with Crippen LogP contribution in [0.1, 0.15) is 22.3 Å². The molecule has 1 spiro atoms. The van der Waals surface area contributed by atoms with Crippen LogP contribution in [-0.4, -0.2) is 0 Å². The molecule has 2 heteroatoms. The minimum absolute atomic E-state index is 0.444. The Morgan fingerprint density at radius 1 is 0.290 bits per heavy atom. The van der Waals surface area contributed by atoms with Gasteiger partial charge < -0.3 is 9.32 Å². The van der Waals surface area contributed by atoms with Crippen LogP contribution in [0.15, 0.2) is 265 Å². The van der Waals surface area contributed by atoms with E-state index in [0.29, 0.717) is 0 Å². The zero-order valence-corrected chi connectivity index (χ0v) is 37.7. The summed E-state index contributed by atoms with van der Waals surface area (Å²) in [5, 5.41) is 2.23. The van der Waals surface area contributed by atoms with Crippen molar-refractivity contribution < 1.29 is 4.42 Å². The van der Waals surface area contributed by atoms with Crippen molar-refractivity contribution in [3.8, 4) is 66.8 Å². The Labute approximate surface area is 401 Å². The van der Waals surface area contributed by atoms with Crippen LogP contribution < -0.4 is 4.90 Å². The van der Waals surface area contributed by atoms with E-state index < -0.39 is 5.41 Å². The fraction of sp³-hybridized carbons (Fsp3) is 0.0149. The number of hydrogen-bond donors (Lipinski definition) is 0. The average Bonchev–Trinajstić information content (AvgIpc) is 4.06. The van der Waals surface area contributed by atoms with Gasteiger partial charge in [-0.05, 0) is 114 Å². The second-order valence-electron chi connectivity index (χ2n) is 18.3. The molecule has 11 aromatic carbocycles. The van der Waals surface area contributed by atoms with Gasteiger partial charge in [0.15, 0.2) is 0 Å². The van der Waals surface area contributed by atoms with Gasteiger partial charge in [-0.25, -0.2) is 0 Å². The Kier molecular flexibility index (Phi) is 8.84. The van der Waals surface area contributed by atoms with Crippen LogP contribution in [-0.2, 0) is 5.41 Å². The summed E-state index contributed by atoms with van der Waals surface area (Å²) in [7, 11) is 0. The van der Waals surface area contributed by atoms with Crippen molar-refractivity contribution in [1.29, 1.82) is 0 Å². The molecule has 0 fully saturated rings. The van der Waals surface area contributed by atoms with Crippen LogP contribution in [0, 0.1) is 0 Å². The van der Waals surface area contributed by atoms with E-state index in [2.05, 4.69) is 260 Å². The van der Waals surface area contributed by atoms with Crippen molar-refractivity contribution in [2.24, 2.45) is 0 Å². The van der Waals surface area contributed by atoms with Crippen LogP contribution in [0.2, 0.25) is 0 Å². The fourth-order valence-electron chi connectivity index (χ4n) is 11.9. The molecule has 0 radical (unpaired) electrons. The largest absolute Gasteiger partial charge is 0.455 e. The van der Waals surface area contributed by atoms with E-state index >= 15 is 0 Å². The maximum Gasteiger partial charge on any atom is 0.143 e. The van der Waals surface area contributed by atoms with Gasteiger partial charge in [0.05, 0.1) is 11.1 Å². The van der Waals surface area contributed by atoms with Crippen molar-refractivity contribution in [3.63, 3.8) is 0 Å². The quantitative estimate of drug-likeness (QED) is 0.159. The molecule has 2 nitrogen and oxygen atoms in total. The number of para-hydroxylation sites is 2. The normalized spacial score (nSPS) is 12.8. The first-order valence-corrected chi connectivity index (χ1v) is 23.8. The number of anilines is 3. The molecule has 14 rings (SSSR count). The van der Waals surface area contributed by atoms with Gasteiger partial charge in [0.2, 0.25) is 0 Å². The molecule has 2 aliphatic carbocycles. The van der Waals surface area contributed by atoms with Gasteiger partial charge in [0, 0.05) is 33.3 Å². The summed E-state index contributed by atoms with van der Waals surface area (Å²) in [4.78, 5) is 2.50. The Morgan fingerprint density at radius 3 is 1.48 bits per heavy atom. The number of nitrogens with zero attached hydrogens (tertiary/aromatic N) is 1. The molecule has 69 heavy (non-hydrogen) atoms. The average molecular weight is 878 g/mol. The topological polar surface area (TPSA) is 16.4 Å². The molecular weight excluding hydrogens is 835 g/mol. The van der Waals surface area contributed by atoms with Crippen molar-refractivity contribution in [2.75, 3.05) is 4.90 Å². The lowest BCUT2D eigenvalue weighted by molar-refractivity contribution is 0.670. The van der Waals surface area contributed by atoms with Crippen LogP contribution in [0.3, 0.4) is 0 Å². The first-order chi connectivity index (χ1) is 34.3. The van der Waals surface area contributed by atoms with E-state index in [-0.39, 0.29) is 0 Å². The van der Waals surface area contributed by atoms with E-state index in [1.807, 2.05) is 6.07 Å². The molecule has 0 saturated heterocycles. The zero-order valence-electron chi connectivity index (χ0n) is 37.7. The molecule has 0 aliphatic heterocycles. The number of fused-ring (bicyclic) bond motifs is 13. The Bertz CT molecular complexity index is 3930. The van der Waals surface area contributed by atoms with Crippen LogP contribution in [0.5, 0.6) is 0 Å². The van der Waals surface area contributed by atoms with Crippen molar-refractivity contribution in [2.45, 2.75) is 5.41 Å². The van der Waals surface area contributed by atoms with E-state index in [4.69, 9.17) is 4.42 Å². The Balaban J connectivity index is 1.06. The lowest BCUT2D eigenvalue weighted by Crippen LogP contribution is -2.25. The van der Waals surface area contributed by atoms with Crippen LogP contribution in [0.25, 0.3) is 88.7 Å². The monoisotopic (exact) mass is 877 g/mol. The van der Waals surface area contributed by atoms with Gasteiger partial charge in [-0.1, -0.05) is 224 Å². The van der Waals surface area contributed by atoms with E-state index in [0.717, 1.165) is 72.4 Å². The highest BCUT2D eigenvalue weighted by atomic mass is 16.3. The number of rotatable bonds is 7. The minimum Gasteiger partial charge on any atom is -0.455 e. The first kappa shape index (κ1) is 39.2. The Morgan fingerprint density at radius 2 is 0.768 bits per heavy atom. The number of benzene rings is 11. The molecule has 1 heterocycles. The van der Waals surface area contributed by atoms with Gasteiger partial charge in [-0.3, -0.25) is 0 Å². The van der Waals surface area contributed by atoms with Crippen LogP contribution >= 0.6 is 0 Å². The predicted octanol–water partition coefficient (Wildman–Crippen LogP) is 18.1. The molecule has 322 valence electrons. The van der Waals surface area contributed by atoms with Gasteiger partial charge in [0.1, 0.15) is 11.2 Å².